The van der Waals surface area contributed by atoms with Crippen LogP contribution in [-0.2, 0) is 0 Å². The molecule has 3 heteroatoms. The molecule has 2 N–H and O–H groups in total. The van der Waals surface area contributed by atoms with Crippen molar-refractivity contribution in [1.82, 2.24) is 0 Å². The summed E-state index contributed by atoms with van der Waals surface area (Å²) in [6.07, 6.45) is 3.79. The lowest BCUT2D eigenvalue weighted by Gasteiger charge is -2.22. The van der Waals surface area contributed by atoms with E-state index in [0.29, 0.717) is 5.41 Å². The Labute approximate surface area is 104 Å². The van der Waals surface area contributed by atoms with Crippen LogP contribution in [0.4, 0.5) is 5.69 Å². The highest BCUT2D eigenvalue weighted by atomic mass is 16.5. The van der Waals surface area contributed by atoms with Gasteiger partial charge in [-0.2, -0.15) is 0 Å². The SMILES string of the molecule is COc1cccc(N(C)CCC2(CN)CC2)c1. The molecule has 1 aliphatic carbocycles. The molecule has 1 fully saturated rings. The molecule has 1 saturated carbocycles. The van der Waals surface area contributed by atoms with Crippen LogP contribution in [0.25, 0.3) is 0 Å². The third-order valence-corrected chi connectivity index (χ3v) is 3.86. The van der Waals surface area contributed by atoms with Gasteiger partial charge in [0.05, 0.1) is 7.11 Å². The molecule has 0 bridgehead atoms. The zero-order chi connectivity index (χ0) is 12.3. The van der Waals surface area contributed by atoms with Crippen LogP contribution in [-0.4, -0.2) is 27.2 Å². The van der Waals surface area contributed by atoms with E-state index in [1.807, 2.05) is 12.1 Å². The Morgan fingerprint density at radius 2 is 2.18 bits per heavy atom. The van der Waals surface area contributed by atoms with Crippen molar-refractivity contribution in [2.24, 2.45) is 11.1 Å². The second-order valence-corrected chi connectivity index (χ2v) is 5.08. The average molecular weight is 234 g/mol. The Kier molecular flexibility index (Phi) is 3.57. The molecule has 17 heavy (non-hydrogen) atoms. The van der Waals surface area contributed by atoms with E-state index >= 15 is 0 Å². The van der Waals surface area contributed by atoms with E-state index in [1.54, 1.807) is 7.11 Å². The molecule has 0 spiro atoms. The van der Waals surface area contributed by atoms with Crippen molar-refractivity contribution in [3.05, 3.63) is 24.3 Å². The van der Waals surface area contributed by atoms with Crippen LogP contribution >= 0.6 is 0 Å². The molecular weight excluding hydrogens is 212 g/mol. The third kappa shape index (κ3) is 2.91. The standard InChI is InChI=1S/C14H22N2O/c1-16(9-8-14(11-15)6-7-14)12-4-3-5-13(10-12)17-2/h3-5,10H,6-9,11,15H2,1-2H3. The molecule has 0 amide bonds. The van der Waals surface area contributed by atoms with Gasteiger partial charge in [-0.1, -0.05) is 6.07 Å². The van der Waals surface area contributed by atoms with Gasteiger partial charge in [0.2, 0.25) is 0 Å². The van der Waals surface area contributed by atoms with Gasteiger partial charge in [-0.3, -0.25) is 0 Å². The molecule has 2 rings (SSSR count). The number of hydrogen-bond acceptors (Lipinski definition) is 3. The van der Waals surface area contributed by atoms with Crippen molar-refractivity contribution in [3.8, 4) is 5.75 Å². The van der Waals surface area contributed by atoms with E-state index in [2.05, 4.69) is 24.1 Å². The molecule has 0 heterocycles. The highest BCUT2D eigenvalue weighted by molar-refractivity contribution is 5.50. The first-order valence-corrected chi connectivity index (χ1v) is 6.24. The zero-order valence-electron chi connectivity index (χ0n) is 10.8. The quantitative estimate of drug-likeness (QED) is 0.820. The summed E-state index contributed by atoms with van der Waals surface area (Å²) in [5.41, 5.74) is 7.46. The summed E-state index contributed by atoms with van der Waals surface area (Å²) in [6.45, 7) is 1.89. The number of benzene rings is 1. The fraction of sp³-hybridized carbons (Fsp3) is 0.571. The van der Waals surface area contributed by atoms with Crippen LogP contribution in [0.1, 0.15) is 19.3 Å². The Balaban J connectivity index is 1.92. The van der Waals surface area contributed by atoms with Gasteiger partial charge in [0.1, 0.15) is 5.75 Å². The molecule has 0 aromatic heterocycles. The number of nitrogens with two attached hydrogens (primary N) is 1. The van der Waals surface area contributed by atoms with Gasteiger partial charge in [-0.25, -0.2) is 0 Å². The predicted octanol–water partition coefficient (Wildman–Crippen LogP) is 2.26. The summed E-state index contributed by atoms with van der Waals surface area (Å²) in [6, 6.07) is 8.19. The van der Waals surface area contributed by atoms with Crippen molar-refractivity contribution in [3.63, 3.8) is 0 Å². The first kappa shape index (κ1) is 12.2. The Bertz CT molecular complexity index is 374. The van der Waals surface area contributed by atoms with Crippen molar-refractivity contribution in [2.45, 2.75) is 19.3 Å². The number of ether oxygens (including phenoxy) is 1. The van der Waals surface area contributed by atoms with Crippen molar-refractivity contribution in [2.75, 3.05) is 32.1 Å². The molecular formula is C14H22N2O. The molecule has 0 atom stereocenters. The summed E-state index contributed by atoms with van der Waals surface area (Å²) < 4.78 is 5.24. The zero-order valence-corrected chi connectivity index (χ0v) is 10.8. The fourth-order valence-corrected chi connectivity index (χ4v) is 2.11. The Hall–Kier alpha value is -1.22. The molecule has 94 valence electrons. The van der Waals surface area contributed by atoms with Gasteiger partial charge in [0.15, 0.2) is 0 Å². The molecule has 0 aliphatic heterocycles. The number of methoxy groups -OCH3 is 1. The van der Waals surface area contributed by atoms with Gasteiger partial charge >= 0.3 is 0 Å². The normalized spacial score (nSPS) is 16.6. The Morgan fingerprint density at radius 3 is 2.76 bits per heavy atom. The van der Waals surface area contributed by atoms with Gasteiger partial charge in [0, 0.05) is 25.3 Å². The van der Waals surface area contributed by atoms with Crippen molar-refractivity contribution in [1.29, 1.82) is 0 Å². The number of hydrogen-bond donors (Lipinski definition) is 1. The minimum Gasteiger partial charge on any atom is -0.497 e. The second kappa shape index (κ2) is 4.96. The van der Waals surface area contributed by atoms with E-state index < -0.39 is 0 Å². The molecule has 1 aromatic carbocycles. The highest BCUT2D eigenvalue weighted by Gasteiger charge is 2.40. The lowest BCUT2D eigenvalue weighted by Crippen LogP contribution is -2.25. The minimum atomic E-state index is 0.452. The van der Waals surface area contributed by atoms with Crippen molar-refractivity contribution >= 4 is 5.69 Å². The molecule has 3 nitrogen and oxygen atoms in total. The van der Waals surface area contributed by atoms with Crippen LogP contribution in [0.5, 0.6) is 5.75 Å². The van der Waals surface area contributed by atoms with Gasteiger partial charge in [-0.15, -0.1) is 0 Å². The molecule has 0 unspecified atom stereocenters. The van der Waals surface area contributed by atoms with E-state index in [9.17, 15) is 0 Å². The second-order valence-electron chi connectivity index (χ2n) is 5.08. The summed E-state index contributed by atoms with van der Waals surface area (Å²) >= 11 is 0. The molecule has 1 aromatic rings. The smallest absolute Gasteiger partial charge is 0.120 e. The summed E-state index contributed by atoms with van der Waals surface area (Å²) in [5, 5.41) is 0. The maximum Gasteiger partial charge on any atom is 0.120 e. The Morgan fingerprint density at radius 1 is 1.41 bits per heavy atom. The first-order valence-electron chi connectivity index (χ1n) is 6.24. The predicted molar refractivity (Wildman–Crippen MR) is 71.6 cm³/mol. The van der Waals surface area contributed by atoms with E-state index in [1.165, 1.54) is 24.9 Å². The topological polar surface area (TPSA) is 38.5 Å². The first-order chi connectivity index (χ1) is 8.19. The maximum absolute atomic E-state index is 5.80. The van der Waals surface area contributed by atoms with Crippen LogP contribution in [0.2, 0.25) is 0 Å². The lowest BCUT2D eigenvalue weighted by molar-refractivity contribution is 0.414. The largest absolute Gasteiger partial charge is 0.497 e. The van der Waals surface area contributed by atoms with Gasteiger partial charge < -0.3 is 15.4 Å². The monoisotopic (exact) mass is 234 g/mol. The summed E-state index contributed by atoms with van der Waals surface area (Å²) in [5.74, 6) is 0.911. The highest BCUT2D eigenvalue weighted by Crippen LogP contribution is 2.47. The van der Waals surface area contributed by atoms with Crippen molar-refractivity contribution < 1.29 is 4.74 Å². The summed E-state index contributed by atoms with van der Waals surface area (Å²) in [7, 11) is 3.83. The number of rotatable bonds is 6. The fourth-order valence-electron chi connectivity index (χ4n) is 2.11. The van der Waals surface area contributed by atoms with Crippen LogP contribution < -0.4 is 15.4 Å². The maximum atomic E-state index is 5.80. The average Bonchev–Trinajstić information content (AvgIpc) is 3.17. The number of anilines is 1. The van der Waals surface area contributed by atoms with Crippen LogP contribution in [0.15, 0.2) is 24.3 Å². The van der Waals surface area contributed by atoms with Crippen LogP contribution in [0.3, 0.4) is 0 Å². The minimum absolute atomic E-state index is 0.452. The number of nitrogens with zero attached hydrogens (tertiary/aromatic N) is 1. The van der Waals surface area contributed by atoms with Gasteiger partial charge in [-0.05, 0) is 43.4 Å². The van der Waals surface area contributed by atoms with E-state index in [0.717, 1.165) is 18.8 Å². The van der Waals surface area contributed by atoms with E-state index in [4.69, 9.17) is 10.5 Å². The third-order valence-electron chi connectivity index (χ3n) is 3.86. The summed E-state index contributed by atoms with van der Waals surface area (Å²) in [4.78, 5) is 2.28. The van der Waals surface area contributed by atoms with Gasteiger partial charge in [0.25, 0.3) is 0 Å². The molecule has 0 saturated heterocycles. The van der Waals surface area contributed by atoms with E-state index in [-0.39, 0.29) is 0 Å². The lowest BCUT2D eigenvalue weighted by atomic mass is 10.0. The van der Waals surface area contributed by atoms with Crippen LogP contribution in [0, 0.1) is 5.41 Å². The molecule has 0 radical (unpaired) electrons. The molecule has 1 aliphatic rings.